The van der Waals surface area contributed by atoms with Gasteiger partial charge in [0.2, 0.25) is 5.91 Å². The van der Waals surface area contributed by atoms with Crippen LogP contribution in [0.15, 0.2) is 18.2 Å². The van der Waals surface area contributed by atoms with Gasteiger partial charge in [-0.2, -0.15) is 0 Å². The zero-order valence-corrected chi connectivity index (χ0v) is 13.9. The zero-order chi connectivity index (χ0) is 15.8. The molecule has 1 atom stereocenters. The Hall–Kier alpha value is -1.42. The van der Waals surface area contributed by atoms with Crippen LogP contribution in [-0.4, -0.2) is 36.9 Å². The monoisotopic (exact) mass is 313 g/mol. The lowest BCUT2D eigenvalue weighted by atomic mass is 10.1. The number of alkyl halides is 1. The van der Waals surface area contributed by atoms with Crippen LogP contribution in [0.4, 0.5) is 0 Å². The number of nitrogens with zero attached hydrogens (tertiary/aromatic N) is 1. The van der Waals surface area contributed by atoms with Crippen molar-refractivity contribution in [2.45, 2.75) is 38.6 Å². The summed E-state index contributed by atoms with van der Waals surface area (Å²) in [5, 5.41) is -0.537. The van der Waals surface area contributed by atoms with Gasteiger partial charge in [-0.05, 0) is 19.4 Å². The van der Waals surface area contributed by atoms with Crippen LogP contribution in [-0.2, 0) is 11.3 Å². The summed E-state index contributed by atoms with van der Waals surface area (Å²) >= 11 is 5.84. The summed E-state index contributed by atoms with van der Waals surface area (Å²) in [7, 11) is 3.35. The number of hydrogen-bond donors (Lipinski definition) is 0. The Labute approximate surface area is 132 Å². The number of amides is 1. The highest BCUT2D eigenvalue weighted by molar-refractivity contribution is 6.30. The molecule has 0 radical (unpaired) electrons. The van der Waals surface area contributed by atoms with Crippen molar-refractivity contribution < 1.29 is 14.3 Å². The van der Waals surface area contributed by atoms with E-state index in [1.54, 1.807) is 26.0 Å². The largest absolute Gasteiger partial charge is 0.493 e. The number of unbranched alkanes of at least 4 members (excludes halogenated alkanes) is 1. The van der Waals surface area contributed by atoms with Crippen molar-refractivity contribution in [2.75, 3.05) is 20.8 Å². The Kier molecular flexibility index (Phi) is 7.37. The SMILES string of the molecule is CCCCOc1c(CN(C)C(=O)C(C)Cl)cccc1OC. The summed E-state index contributed by atoms with van der Waals surface area (Å²) in [5.41, 5.74) is 0.915. The van der Waals surface area contributed by atoms with E-state index in [4.69, 9.17) is 21.1 Å². The van der Waals surface area contributed by atoms with Crippen LogP contribution in [0, 0.1) is 0 Å². The second-order valence-electron chi connectivity index (χ2n) is 4.96. The van der Waals surface area contributed by atoms with E-state index >= 15 is 0 Å². The summed E-state index contributed by atoms with van der Waals surface area (Å²) in [6, 6.07) is 5.69. The molecule has 0 aliphatic carbocycles. The normalized spacial score (nSPS) is 11.9. The first-order valence-corrected chi connectivity index (χ1v) is 7.62. The molecule has 0 aliphatic rings. The Bertz CT molecular complexity index is 463. The second kappa shape index (κ2) is 8.78. The van der Waals surface area contributed by atoms with E-state index in [9.17, 15) is 4.79 Å². The average Bonchev–Trinajstić information content (AvgIpc) is 2.47. The van der Waals surface area contributed by atoms with Crippen LogP contribution >= 0.6 is 11.6 Å². The fourth-order valence-corrected chi connectivity index (χ4v) is 2.13. The van der Waals surface area contributed by atoms with Crippen molar-refractivity contribution >= 4 is 17.5 Å². The summed E-state index contributed by atoms with van der Waals surface area (Å²) in [4.78, 5) is 13.5. The molecule has 0 saturated carbocycles. The van der Waals surface area contributed by atoms with Gasteiger partial charge >= 0.3 is 0 Å². The van der Waals surface area contributed by atoms with Gasteiger partial charge < -0.3 is 14.4 Å². The number of rotatable bonds is 8. The highest BCUT2D eigenvalue weighted by Gasteiger charge is 2.18. The molecule has 0 saturated heterocycles. The summed E-state index contributed by atoms with van der Waals surface area (Å²) < 4.78 is 11.2. The maximum Gasteiger partial charge on any atom is 0.240 e. The van der Waals surface area contributed by atoms with Crippen LogP contribution in [0.25, 0.3) is 0 Å². The summed E-state index contributed by atoms with van der Waals surface area (Å²) in [6.45, 7) is 4.85. The number of halogens is 1. The van der Waals surface area contributed by atoms with Gasteiger partial charge in [0.25, 0.3) is 0 Å². The molecule has 21 heavy (non-hydrogen) atoms. The van der Waals surface area contributed by atoms with Crippen LogP contribution in [0.5, 0.6) is 11.5 Å². The van der Waals surface area contributed by atoms with Crippen molar-refractivity contribution in [3.63, 3.8) is 0 Å². The van der Waals surface area contributed by atoms with Gasteiger partial charge in [-0.3, -0.25) is 4.79 Å². The smallest absolute Gasteiger partial charge is 0.240 e. The van der Waals surface area contributed by atoms with Crippen LogP contribution in [0.1, 0.15) is 32.3 Å². The molecule has 0 N–H and O–H groups in total. The van der Waals surface area contributed by atoms with Gasteiger partial charge in [0.15, 0.2) is 11.5 Å². The van der Waals surface area contributed by atoms with E-state index in [1.807, 2.05) is 18.2 Å². The molecule has 1 amide bonds. The molecule has 1 aromatic carbocycles. The number of methoxy groups -OCH3 is 1. The third-order valence-corrected chi connectivity index (χ3v) is 3.34. The standard InChI is InChI=1S/C16H24ClNO3/c1-5-6-10-21-15-13(8-7-9-14(15)20-4)11-18(3)16(19)12(2)17/h7-9,12H,5-6,10-11H2,1-4H3. The molecule has 0 fully saturated rings. The van der Waals surface area contributed by atoms with Gasteiger partial charge in [-0.25, -0.2) is 0 Å². The Morgan fingerprint density at radius 3 is 2.71 bits per heavy atom. The van der Waals surface area contributed by atoms with E-state index in [-0.39, 0.29) is 5.91 Å². The minimum absolute atomic E-state index is 0.112. The molecular weight excluding hydrogens is 290 g/mol. The number of para-hydroxylation sites is 1. The lowest BCUT2D eigenvalue weighted by Gasteiger charge is -2.21. The molecular formula is C16H24ClNO3. The third kappa shape index (κ3) is 5.12. The fourth-order valence-electron chi connectivity index (χ4n) is 1.97. The number of benzene rings is 1. The van der Waals surface area contributed by atoms with Crippen molar-refractivity contribution in [3.8, 4) is 11.5 Å². The molecule has 1 aromatic rings. The molecule has 0 bridgehead atoms. The van der Waals surface area contributed by atoms with Gasteiger partial charge in [0, 0.05) is 19.2 Å². The molecule has 1 rings (SSSR count). The third-order valence-electron chi connectivity index (χ3n) is 3.15. The first-order valence-electron chi connectivity index (χ1n) is 7.19. The van der Waals surface area contributed by atoms with Gasteiger partial charge in [-0.15, -0.1) is 11.6 Å². The lowest BCUT2D eigenvalue weighted by molar-refractivity contribution is -0.129. The predicted octanol–water partition coefficient (Wildman–Crippen LogP) is 3.46. The van der Waals surface area contributed by atoms with E-state index < -0.39 is 5.38 Å². The van der Waals surface area contributed by atoms with Crippen LogP contribution in [0.3, 0.4) is 0 Å². The van der Waals surface area contributed by atoms with Gasteiger partial charge in [0.1, 0.15) is 5.38 Å². The molecule has 0 heterocycles. The number of carbonyl (C=O) groups is 1. The number of ether oxygens (including phenoxy) is 2. The first kappa shape index (κ1) is 17.6. The van der Waals surface area contributed by atoms with Crippen molar-refractivity contribution in [3.05, 3.63) is 23.8 Å². The first-order chi connectivity index (χ1) is 10.0. The maximum atomic E-state index is 11.9. The quantitative estimate of drug-likeness (QED) is 0.545. The van der Waals surface area contributed by atoms with E-state index in [0.717, 1.165) is 18.4 Å². The maximum absolute atomic E-state index is 11.9. The highest BCUT2D eigenvalue weighted by Crippen LogP contribution is 2.32. The molecule has 118 valence electrons. The minimum atomic E-state index is -0.537. The average molecular weight is 314 g/mol. The van der Waals surface area contributed by atoms with Gasteiger partial charge in [0.05, 0.1) is 13.7 Å². The van der Waals surface area contributed by atoms with Gasteiger partial charge in [-0.1, -0.05) is 25.5 Å². The summed E-state index contributed by atoms with van der Waals surface area (Å²) in [6.07, 6.45) is 2.04. The lowest BCUT2D eigenvalue weighted by Crippen LogP contribution is -2.31. The molecule has 5 heteroatoms. The molecule has 4 nitrogen and oxygen atoms in total. The topological polar surface area (TPSA) is 38.8 Å². The fraction of sp³-hybridized carbons (Fsp3) is 0.562. The Balaban J connectivity index is 2.91. The Morgan fingerprint density at radius 1 is 1.43 bits per heavy atom. The summed E-state index contributed by atoms with van der Waals surface area (Å²) in [5.74, 6) is 1.28. The predicted molar refractivity (Wildman–Crippen MR) is 85.2 cm³/mol. The Morgan fingerprint density at radius 2 is 2.14 bits per heavy atom. The molecule has 1 unspecified atom stereocenters. The molecule has 0 aromatic heterocycles. The number of hydrogen-bond acceptors (Lipinski definition) is 3. The second-order valence-corrected chi connectivity index (χ2v) is 5.62. The molecule has 0 spiro atoms. The van der Waals surface area contributed by atoms with Crippen molar-refractivity contribution in [2.24, 2.45) is 0 Å². The molecule has 0 aliphatic heterocycles. The van der Waals surface area contributed by atoms with Crippen molar-refractivity contribution in [1.82, 2.24) is 4.90 Å². The minimum Gasteiger partial charge on any atom is -0.493 e. The highest BCUT2D eigenvalue weighted by atomic mass is 35.5. The van der Waals surface area contributed by atoms with Crippen LogP contribution in [0.2, 0.25) is 0 Å². The van der Waals surface area contributed by atoms with E-state index in [1.165, 1.54) is 0 Å². The van der Waals surface area contributed by atoms with Crippen LogP contribution < -0.4 is 9.47 Å². The van der Waals surface area contributed by atoms with E-state index in [2.05, 4.69) is 6.92 Å². The zero-order valence-electron chi connectivity index (χ0n) is 13.2. The number of carbonyl (C=O) groups excluding carboxylic acids is 1. The van der Waals surface area contributed by atoms with E-state index in [0.29, 0.717) is 24.7 Å². The van der Waals surface area contributed by atoms with Crippen molar-refractivity contribution in [1.29, 1.82) is 0 Å².